The molecule has 0 bridgehead atoms. The molecule has 7 heteroatoms. The summed E-state index contributed by atoms with van der Waals surface area (Å²) in [5, 5.41) is 9.33. The first-order valence-electron chi connectivity index (χ1n) is 5.02. The Morgan fingerprint density at radius 1 is 1.00 bits per heavy atom. The van der Waals surface area contributed by atoms with Crippen molar-refractivity contribution in [3.8, 4) is 11.1 Å². The van der Waals surface area contributed by atoms with Gasteiger partial charge in [-0.1, -0.05) is 40.9 Å². The maximum atomic E-state index is 11.8. The van der Waals surface area contributed by atoms with Crippen LogP contribution in [0.15, 0.2) is 29.1 Å². The number of hydrogen-bond acceptors (Lipinski definition) is 2. The number of nitrogens with one attached hydrogen (secondary N) is 1. The molecule has 0 amide bonds. The van der Waals surface area contributed by atoms with Gasteiger partial charge in [-0.25, -0.2) is 4.79 Å². The van der Waals surface area contributed by atoms with E-state index in [-0.39, 0.29) is 26.3 Å². The van der Waals surface area contributed by atoms with Gasteiger partial charge in [0.05, 0.1) is 15.1 Å². The van der Waals surface area contributed by atoms with E-state index in [9.17, 15) is 9.59 Å². The average Bonchev–Trinajstić information content (AvgIpc) is 2.37. The Hall–Kier alpha value is -1.49. The van der Waals surface area contributed by atoms with Crippen LogP contribution in [0.3, 0.4) is 0 Å². The summed E-state index contributed by atoms with van der Waals surface area (Å²) in [5.41, 5.74) is -0.173. The molecule has 0 fully saturated rings. The highest BCUT2D eigenvalue weighted by Crippen LogP contribution is 2.36. The summed E-state index contributed by atoms with van der Waals surface area (Å²) in [6.45, 7) is 0. The third kappa shape index (κ3) is 2.61. The molecule has 0 atom stereocenters. The Balaban J connectivity index is 2.64. The summed E-state index contributed by atoms with van der Waals surface area (Å²) in [4.78, 5) is 24.8. The Kier molecular flexibility index (Phi) is 3.85. The van der Waals surface area contributed by atoms with Crippen LogP contribution in [-0.4, -0.2) is 16.1 Å². The highest BCUT2D eigenvalue weighted by atomic mass is 35.5. The quantitative estimate of drug-likeness (QED) is 0.829. The molecule has 0 saturated carbocycles. The first-order valence-corrected chi connectivity index (χ1v) is 6.15. The van der Waals surface area contributed by atoms with Crippen LogP contribution in [0, 0.1) is 0 Å². The first-order chi connectivity index (χ1) is 8.91. The van der Waals surface area contributed by atoms with Crippen LogP contribution in [-0.2, 0) is 0 Å². The minimum atomic E-state index is -1.22. The summed E-state index contributed by atoms with van der Waals surface area (Å²) in [6.07, 6.45) is 0. The predicted molar refractivity (Wildman–Crippen MR) is 74.5 cm³/mol. The van der Waals surface area contributed by atoms with E-state index >= 15 is 0 Å². The molecule has 0 spiro atoms. The molecule has 1 aromatic heterocycles. The zero-order chi connectivity index (χ0) is 14.2. The maximum absolute atomic E-state index is 11.8. The smallest absolute Gasteiger partial charge is 0.352 e. The van der Waals surface area contributed by atoms with Crippen molar-refractivity contribution in [2.24, 2.45) is 0 Å². The Labute approximate surface area is 122 Å². The van der Waals surface area contributed by atoms with Crippen LogP contribution in [0.4, 0.5) is 0 Å². The summed E-state index contributed by atoms with van der Waals surface area (Å²) in [5.74, 6) is -1.22. The molecular formula is C12H6Cl3NO3. The molecule has 19 heavy (non-hydrogen) atoms. The van der Waals surface area contributed by atoms with Crippen LogP contribution in [0.2, 0.25) is 15.1 Å². The van der Waals surface area contributed by atoms with Gasteiger partial charge in [-0.2, -0.15) is 0 Å². The van der Waals surface area contributed by atoms with Gasteiger partial charge in [-0.05, 0) is 18.2 Å². The molecule has 0 saturated heterocycles. The lowest BCUT2D eigenvalue weighted by Crippen LogP contribution is -2.14. The van der Waals surface area contributed by atoms with E-state index in [1.807, 2.05) is 0 Å². The van der Waals surface area contributed by atoms with E-state index in [4.69, 9.17) is 39.9 Å². The maximum Gasteiger partial charge on any atom is 0.352 e. The van der Waals surface area contributed by atoms with Gasteiger partial charge in [0.25, 0.3) is 5.56 Å². The fraction of sp³-hybridized carbons (Fsp3) is 0. The minimum Gasteiger partial charge on any atom is -0.477 e. The molecule has 0 radical (unpaired) electrons. The second-order valence-corrected chi connectivity index (χ2v) is 4.81. The minimum absolute atomic E-state index is 0.141. The number of aromatic nitrogens is 1. The van der Waals surface area contributed by atoms with E-state index in [0.29, 0.717) is 5.56 Å². The van der Waals surface area contributed by atoms with Crippen molar-refractivity contribution in [1.29, 1.82) is 0 Å². The summed E-state index contributed by atoms with van der Waals surface area (Å²) in [7, 11) is 0. The number of pyridine rings is 1. The van der Waals surface area contributed by atoms with Crippen molar-refractivity contribution in [1.82, 2.24) is 4.98 Å². The molecule has 2 aromatic rings. The molecule has 4 nitrogen and oxygen atoms in total. The van der Waals surface area contributed by atoms with Crippen LogP contribution < -0.4 is 5.56 Å². The number of benzene rings is 1. The standard InChI is InChI=1S/C12H6Cl3NO3/c13-7-3-1-5(9(14)10(7)15)6-2-4-8(12(18)19)16-11(6)17/h1-4H,(H,16,17)(H,18,19). The van der Waals surface area contributed by atoms with Gasteiger partial charge in [0.2, 0.25) is 0 Å². The van der Waals surface area contributed by atoms with E-state index in [1.54, 1.807) is 6.07 Å². The number of rotatable bonds is 2. The molecule has 1 heterocycles. The third-order valence-corrected chi connectivity index (χ3v) is 3.76. The van der Waals surface area contributed by atoms with Gasteiger partial charge in [-0.3, -0.25) is 4.79 Å². The number of carbonyl (C=O) groups is 1. The lowest BCUT2D eigenvalue weighted by Gasteiger charge is -2.07. The zero-order valence-electron chi connectivity index (χ0n) is 9.21. The highest BCUT2D eigenvalue weighted by Gasteiger charge is 2.14. The molecular weight excluding hydrogens is 312 g/mol. The predicted octanol–water partition coefficient (Wildman–Crippen LogP) is 3.70. The molecule has 98 valence electrons. The van der Waals surface area contributed by atoms with Crippen LogP contribution in [0.5, 0.6) is 0 Å². The Bertz CT molecular complexity index is 725. The van der Waals surface area contributed by atoms with E-state index in [2.05, 4.69) is 4.98 Å². The number of hydrogen-bond donors (Lipinski definition) is 2. The lowest BCUT2D eigenvalue weighted by molar-refractivity contribution is 0.0690. The van der Waals surface area contributed by atoms with E-state index in [1.165, 1.54) is 18.2 Å². The van der Waals surface area contributed by atoms with Crippen molar-refractivity contribution in [3.63, 3.8) is 0 Å². The molecule has 1 aromatic carbocycles. The molecule has 2 N–H and O–H groups in total. The molecule has 0 aliphatic heterocycles. The van der Waals surface area contributed by atoms with Crippen LogP contribution in [0.1, 0.15) is 10.5 Å². The largest absolute Gasteiger partial charge is 0.477 e. The number of H-pyrrole nitrogens is 1. The fourth-order valence-corrected chi connectivity index (χ4v) is 2.18. The summed E-state index contributed by atoms with van der Waals surface area (Å²) in [6, 6.07) is 5.70. The SMILES string of the molecule is O=C(O)c1ccc(-c2ccc(Cl)c(Cl)c2Cl)c(=O)[nH]1. The number of aromatic carboxylic acids is 1. The Morgan fingerprint density at radius 2 is 1.63 bits per heavy atom. The monoisotopic (exact) mass is 317 g/mol. The highest BCUT2D eigenvalue weighted by molar-refractivity contribution is 6.49. The number of aromatic amines is 1. The molecule has 0 unspecified atom stereocenters. The van der Waals surface area contributed by atoms with Gasteiger partial charge in [0.15, 0.2) is 0 Å². The van der Waals surface area contributed by atoms with Crippen molar-refractivity contribution in [2.75, 3.05) is 0 Å². The normalized spacial score (nSPS) is 10.5. The number of halogens is 3. The van der Waals surface area contributed by atoms with Crippen molar-refractivity contribution in [3.05, 3.63) is 55.4 Å². The fourth-order valence-electron chi connectivity index (χ4n) is 1.54. The van der Waals surface area contributed by atoms with Gasteiger partial charge < -0.3 is 10.1 Å². The van der Waals surface area contributed by atoms with Gasteiger partial charge in [-0.15, -0.1) is 0 Å². The second-order valence-electron chi connectivity index (χ2n) is 3.64. The van der Waals surface area contributed by atoms with Gasteiger partial charge in [0.1, 0.15) is 5.69 Å². The van der Waals surface area contributed by atoms with Crippen LogP contribution >= 0.6 is 34.8 Å². The molecule has 0 aliphatic carbocycles. The number of carboxylic acids is 1. The topological polar surface area (TPSA) is 70.2 Å². The summed E-state index contributed by atoms with van der Waals surface area (Å²) >= 11 is 17.7. The van der Waals surface area contributed by atoms with Crippen molar-refractivity contribution in [2.45, 2.75) is 0 Å². The van der Waals surface area contributed by atoms with Gasteiger partial charge >= 0.3 is 5.97 Å². The lowest BCUT2D eigenvalue weighted by atomic mass is 10.1. The van der Waals surface area contributed by atoms with Crippen LogP contribution in [0.25, 0.3) is 11.1 Å². The van der Waals surface area contributed by atoms with Gasteiger partial charge in [0, 0.05) is 11.1 Å². The van der Waals surface area contributed by atoms with Crippen molar-refractivity contribution >= 4 is 40.8 Å². The Morgan fingerprint density at radius 3 is 2.21 bits per heavy atom. The average molecular weight is 319 g/mol. The van der Waals surface area contributed by atoms with E-state index in [0.717, 1.165) is 0 Å². The second kappa shape index (κ2) is 5.25. The zero-order valence-corrected chi connectivity index (χ0v) is 11.5. The first kappa shape index (κ1) is 13.9. The third-order valence-electron chi connectivity index (χ3n) is 2.47. The molecule has 2 rings (SSSR count). The molecule has 0 aliphatic rings. The van der Waals surface area contributed by atoms with Crippen molar-refractivity contribution < 1.29 is 9.90 Å². The number of carboxylic acid groups (broad SMARTS) is 1. The summed E-state index contributed by atoms with van der Waals surface area (Å²) < 4.78 is 0. The van der Waals surface area contributed by atoms with E-state index < -0.39 is 11.5 Å².